The number of hydrogen-bond donors (Lipinski definition) is 1. The van der Waals surface area contributed by atoms with E-state index in [2.05, 4.69) is 0 Å². The smallest absolute Gasteiger partial charge is 0.242 e. The van der Waals surface area contributed by atoms with Gasteiger partial charge in [-0.05, 0) is 17.7 Å². The summed E-state index contributed by atoms with van der Waals surface area (Å²) in [7, 11) is 1.97. The highest BCUT2D eigenvalue weighted by molar-refractivity contribution is 5.99. The van der Waals surface area contributed by atoms with Crippen molar-refractivity contribution in [1.82, 2.24) is 0 Å². The first-order valence-electron chi connectivity index (χ1n) is 4.70. The molecule has 0 fully saturated rings. The Morgan fingerprint density at radius 1 is 1.40 bits per heavy atom. The van der Waals surface area contributed by atoms with Gasteiger partial charge in [0.05, 0.1) is 0 Å². The van der Waals surface area contributed by atoms with Gasteiger partial charge in [-0.2, -0.15) is 0 Å². The first-order valence-corrected chi connectivity index (χ1v) is 4.70. The lowest BCUT2D eigenvalue weighted by molar-refractivity contribution is -0.113. The fraction of sp³-hybridized carbons (Fsp3) is 0.0833. The van der Waals surface area contributed by atoms with E-state index in [0.29, 0.717) is 0 Å². The highest BCUT2D eigenvalue weighted by atomic mass is 16.1. The molecule has 0 saturated heterocycles. The first-order chi connectivity index (χ1) is 7.18. The second kappa shape index (κ2) is 3.61. The van der Waals surface area contributed by atoms with Crippen LogP contribution in [0.5, 0.6) is 0 Å². The van der Waals surface area contributed by atoms with Crippen LogP contribution in [0.25, 0.3) is 5.57 Å². The largest absolute Gasteiger partial charge is 0.366 e. The third kappa shape index (κ3) is 1.76. The van der Waals surface area contributed by atoms with E-state index in [9.17, 15) is 4.79 Å². The zero-order chi connectivity index (χ0) is 10.8. The van der Waals surface area contributed by atoms with Crippen LogP contribution in [0.2, 0.25) is 0 Å². The highest BCUT2D eigenvalue weighted by Crippen LogP contribution is 2.31. The maximum absolute atomic E-state index is 10.9. The third-order valence-corrected chi connectivity index (χ3v) is 2.37. The van der Waals surface area contributed by atoms with Crippen LogP contribution in [0.3, 0.4) is 0 Å². The van der Waals surface area contributed by atoms with Crippen molar-refractivity contribution >= 4 is 17.2 Å². The Kier molecular flexibility index (Phi) is 2.29. The summed E-state index contributed by atoms with van der Waals surface area (Å²) in [5, 5.41) is 0. The van der Waals surface area contributed by atoms with Crippen molar-refractivity contribution in [2.75, 3.05) is 11.9 Å². The van der Waals surface area contributed by atoms with Gasteiger partial charge in [-0.1, -0.05) is 18.2 Å². The number of carbonyl (C=O) groups is 1. The summed E-state index contributed by atoms with van der Waals surface area (Å²) in [6.45, 7) is 0. The van der Waals surface area contributed by atoms with E-state index in [-0.39, 0.29) is 0 Å². The second-order valence-corrected chi connectivity index (χ2v) is 3.45. The molecule has 0 bridgehead atoms. The molecule has 0 aromatic heterocycles. The Hall–Kier alpha value is -2.03. The average molecular weight is 200 g/mol. The van der Waals surface area contributed by atoms with Crippen LogP contribution in [-0.4, -0.2) is 13.0 Å². The Labute approximate surface area is 88.5 Å². The van der Waals surface area contributed by atoms with Crippen LogP contribution in [0.15, 0.2) is 42.6 Å². The SMILES string of the molecule is CN1C=CC(=CC(N)=O)c2ccccc21. The van der Waals surface area contributed by atoms with Crippen LogP contribution in [0, 0.1) is 0 Å². The summed E-state index contributed by atoms with van der Waals surface area (Å²) in [5.41, 5.74) is 8.12. The summed E-state index contributed by atoms with van der Waals surface area (Å²) in [5.74, 6) is -0.422. The molecular weight excluding hydrogens is 188 g/mol. The monoisotopic (exact) mass is 200 g/mol. The lowest BCUT2D eigenvalue weighted by Crippen LogP contribution is -2.14. The fourth-order valence-corrected chi connectivity index (χ4v) is 1.67. The van der Waals surface area contributed by atoms with Gasteiger partial charge in [-0.3, -0.25) is 4.79 Å². The molecule has 76 valence electrons. The van der Waals surface area contributed by atoms with Gasteiger partial charge in [0.15, 0.2) is 0 Å². The third-order valence-electron chi connectivity index (χ3n) is 2.37. The van der Waals surface area contributed by atoms with Crippen LogP contribution in [0.4, 0.5) is 5.69 Å². The van der Waals surface area contributed by atoms with E-state index in [1.54, 1.807) is 0 Å². The molecule has 0 atom stereocenters. The zero-order valence-corrected chi connectivity index (χ0v) is 8.47. The molecule has 15 heavy (non-hydrogen) atoms. The van der Waals surface area contributed by atoms with E-state index in [1.165, 1.54) is 6.08 Å². The maximum Gasteiger partial charge on any atom is 0.242 e. The standard InChI is InChI=1S/C12H12N2O/c1-14-7-6-9(8-12(13)15)10-4-2-3-5-11(10)14/h2-8H,1H3,(H2,13,15). The molecule has 0 spiro atoms. The summed E-state index contributed by atoms with van der Waals surface area (Å²) in [6.07, 6.45) is 5.24. The molecule has 0 unspecified atom stereocenters. The zero-order valence-electron chi connectivity index (χ0n) is 8.47. The quantitative estimate of drug-likeness (QED) is 0.698. The van der Waals surface area contributed by atoms with Crippen molar-refractivity contribution in [3.63, 3.8) is 0 Å². The number of rotatable bonds is 1. The van der Waals surface area contributed by atoms with E-state index in [1.807, 2.05) is 48.5 Å². The van der Waals surface area contributed by atoms with Crippen LogP contribution in [0.1, 0.15) is 5.56 Å². The van der Waals surface area contributed by atoms with Crippen LogP contribution in [-0.2, 0) is 4.79 Å². The molecule has 1 aromatic carbocycles. The van der Waals surface area contributed by atoms with Crippen molar-refractivity contribution < 1.29 is 4.79 Å². The number of nitrogens with zero attached hydrogens (tertiary/aromatic N) is 1. The Bertz CT molecular complexity index is 460. The van der Waals surface area contributed by atoms with E-state index in [4.69, 9.17) is 5.73 Å². The van der Waals surface area contributed by atoms with Gasteiger partial charge >= 0.3 is 0 Å². The molecule has 3 heteroatoms. The van der Waals surface area contributed by atoms with Gasteiger partial charge in [-0.15, -0.1) is 0 Å². The highest BCUT2D eigenvalue weighted by Gasteiger charge is 2.12. The molecule has 3 nitrogen and oxygen atoms in total. The van der Waals surface area contributed by atoms with Crippen molar-refractivity contribution in [1.29, 1.82) is 0 Å². The van der Waals surface area contributed by atoms with E-state index in [0.717, 1.165) is 16.8 Å². The lowest BCUT2D eigenvalue weighted by Gasteiger charge is -2.23. The van der Waals surface area contributed by atoms with Gasteiger partial charge in [0, 0.05) is 30.6 Å². The number of fused-ring (bicyclic) bond motifs is 1. The summed E-state index contributed by atoms with van der Waals surface area (Å²) in [6, 6.07) is 7.90. The van der Waals surface area contributed by atoms with E-state index >= 15 is 0 Å². The Morgan fingerprint density at radius 3 is 2.87 bits per heavy atom. The molecule has 1 aliphatic rings. The Balaban J connectivity index is 2.55. The molecule has 0 saturated carbocycles. The van der Waals surface area contributed by atoms with Crippen molar-refractivity contribution in [2.24, 2.45) is 5.73 Å². The maximum atomic E-state index is 10.9. The first kappa shape index (κ1) is 9.52. The average Bonchev–Trinajstić information content (AvgIpc) is 2.22. The molecule has 2 N–H and O–H groups in total. The number of amides is 1. The van der Waals surface area contributed by atoms with Crippen LogP contribution >= 0.6 is 0 Å². The molecule has 1 aliphatic heterocycles. The van der Waals surface area contributed by atoms with Crippen molar-refractivity contribution in [2.45, 2.75) is 0 Å². The summed E-state index contributed by atoms with van der Waals surface area (Å²) in [4.78, 5) is 12.9. The molecule has 1 aromatic rings. The predicted molar refractivity (Wildman–Crippen MR) is 61.2 cm³/mol. The predicted octanol–water partition coefficient (Wildman–Crippen LogP) is 1.52. The second-order valence-electron chi connectivity index (χ2n) is 3.45. The number of primary amides is 1. The van der Waals surface area contributed by atoms with Gasteiger partial charge in [0.25, 0.3) is 0 Å². The molecule has 0 aliphatic carbocycles. The minimum atomic E-state index is -0.422. The summed E-state index contributed by atoms with van der Waals surface area (Å²) < 4.78 is 0. The minimum absolute atomic E-state index is 0.422. The number of para-hydroxylation sites is 1. The lowest BCUT2D eigenvalue weighted by atomic mass is 10.00. The normalized spacial score (nSPS) is 16.6. The van der Waals surface area contributed by atoms with Gasteiger partial charge < -0.3 is 10.6 Å². The number of anilines is 1. The van der Waals surface area contributed by atoms with Crippen LogP contribution < -0.4 is 10.6 Å². The number of allylic oxidation sites excluding steroid dienone is 2. The number of carbonyl (C=O) groups excluding carboxylic acids is 1. The fourth-order valence-electron chi connectivity index (χ4n) is 1.67. The molecular formula is C12H12N2O. The van der Waals surface area contributed by atoms with Crippen molar-refractivity contribution in [3.05, 3.63) is 48.2 Å². The van der Waals surface area contributed by atoms with E-state index < -0.39 is 5.91 Å². The summed E-state index contributed by atoms with van der Waals surface area (Å²) >= 11 is 0. The minimum Gasteiger partial charge on any atom is -0.366 e. The molecule has 1 heterocycles. The van der Waals surface area contributed by atoms with Gasteiger partial charge in [0.2, 0.25) is 5.91 Å². The molecule has 1 amide bonds. The topological polar surface area (TPSA) is 46.3 Å². The van der Waals surface area contributed by atoms with Gasteiger partial charge in [0.1, 0.15) is 0 Å². The number of benzene rings is 1. The van der Waals surface area contributed by atoms with Crippen molar-refractivity contribution in [3.8, 4) is 0 Å². The Morgan fingerprint density at radius 2 is 2.13 bits per heavy atom. The molecule has 0 radical (unpaired) electrons. The molecule has 2 rings (SSSR count). The van der Waals surface area contributed by atoms with Gasteiger partial charge in [-0.25, -0.2) is 0 Å². The number of hydrogen-bond acceptors (Lipinski definition) is 2. The number of nitrogens with two attached hydrogens (primary N) is 1.